The number of aromatic nitrogens is 2. The van der Waals surface area contributed by atoms with Gasteiger partial charge in [-0.15, -0.1) is 0 Å². The Morgan fingerprint density at radius 2 is 1.85 bits per heavy atom. The molecule has 2 heterocycles. The van der Waals surface area contributed by atoms with Gasteiger partial charge in [0.05, 0.1) is 16.5 Å². The molecule has 132 valence electrons. The first-order chi connectivity index (χ1) is 12.6. The van der Waals surface area contributed by atoms with E-state index in [0.717, 1.165) is 25.2 Å². The maximum absolute atomic E-state index is 12.3. The number of rotatable bonds is 4. The van der Waals surface area contributed by atoms with Crippen molar-refractivity contribution in [1.82, 2.24) is 14.9 Å². The van der Waals surface area contributed by atoms with Crippen molar-refractivity contribution in [3.8, 4) is 11.4 Å². The van der Waals surface area contributed by atoms with Crippen molar-refractivity contribution in [2.45, 2.75) is 19.4 Å². The Balaban J connectivity index is 1.67. The summed E-state index contributed by atoms with van der Waals surface area (Å²) in [6.07, 6.45) is 2.53. The van der Waals surface area contributed by atoms with E-state index >= 15 is 0 Å². The number of likely N-dealkylation sites (tertiary alicyclic amines) is 1. The molecule has 4 rings (SSSR count). The van der Waals surface area contributed by atoms with Crippen LogP contribution < -0.4 is 5.56 Å². The third-order valence-corrected chi connectivity index (χ3v) is 4.79. The quantitative estimate of drug-likeness (QED) is 0.756. The molecule has 6 heteroatoms. The number of carboxylic acids is 1. The lowest BCUT2D eigenvalue weighted by Gasteiger charge is -2.14. The highest BCUT2D eigenvalue weighted by Gasteiger charge is 2.12. The Bertz CT molecular complexity index is 1020. The first kappa shape index (κ1) is 16.5. The normalized spacial score (nSPS) is 14.8. The van der Waals surface area contributed by atoms with Crippen LogP contribution in [0.3, 0.4) is 0 Å². The average molecular weight is 349 g/mol. The van der Waals surface area contributed by atoms with Gasteiger partial charge in [0.25, 0.3) is 5.56 Å². The molecule has 1 aliphatic heterocycles. The second kappa shape index (κ2) is 6.72. The van der Waals surface area contributed by atoms with Crippen LogP contribution in [0.4, 0.5) is 0 Å². The highest BCUT2D eigenvalue weighted by atomic mass is 16.4. The first-order valence-corrected chi connectivity index (χ1v) is 8.69. The molecule has 2 aromatic carbocycles. The van der Waals surface area contributed by atoms with Crippen molar-refractivity contribution in [3.05, 3.63) is 63.9 Å². The second-order valence-corrected chi connectivity index (χ2v) is 6.63. The zero-order chi connectivity index (χ0) is 18.1. The van der Waals surface area contributed by atoms with Crippen molar-refractivity contribution in [3.63, 3.8) is 0 Å². The zero-order valence-electron chi connectivity index (χ0n) is 14.2. The van der Waals surface area contributed by atoms with Gasteiger partial charge in [-0.25, -0.2) is 9.78 Å². The predicted octanol–water partition coefficient (Wildman–Crippen LogP) is 2.88. The molecule has 0 unspecified atom stereocenters. The first-order valence-electron chi connectivity index (χ1n) is 8.69. The summed E-state index contributed by atoms with van der Waals surface area (Å²) < 4.78 is 0. The van der Waals surface area contributed by atoms with E-state index in [9.17, 15) is 9.59 Å². The van der Waals surface area contributed by atoms with Gasteiger partial charge >= 0.3 is 5.97 Å². The predicted molar refractivity (Wildman–Crippen MR) is 99.3 cm³/mol. The topological polar surface area (TPSA) is 86.3 Å². The van der Waals surface area contributed by atoms with E-state index in [4.69, 9.17) is 5.11 Å². The number of aromatic carboxylic acids is 1. The maximum Gasteiger partial charge on any atom is 0.335 e. The number of nitrogens with one attached hydrogen (secondary N) is 1. The molecule has 2 N–H and O–H groups in total. The van der Waals surface area contributed by atoms with E-state index in [-0.39, 0.29) is 11.1 Å². The zero-order valence-corrected chi connectivity index (χ0v) is 14.2. The van der Waals surface area contributed by atoms with Gasteiger partial charge in [-0.1, -0.05) is 24.3 Å². The smallest absolute Gasteiger partial charge is 0.335 e. The standard InChI is InChI=1S/C20H19N3O3/c24-19-16-8-7-15(20(25)26)11-17(16)21-18(22-19)14-5-3-13(4-6-14)12-23-9-1-2-10-23/h3-8,11H,1-2,9-10,12H2,(H,25,26)(H,21,22,24). The minimum atomic E-state index is -1.04. The van der Waals surface area contributed by atoms with Crippen LogP contribution in [-0.4, -0.2) is 39.0 Å². The fourth-order valence-electron chi connectivity index (χ4n) is 3.38. The second-order valence-electron chi connectivity index (χ2n) is 6.63. The van der Waals surface area contributed by atoms with Crippen molar-refractivity contribution >= 4 is 16.9 Å². The monoisotopic (exact) mass is 349 g/mol. The summed E-state index contributed by atoms with van der Waals surface area (Å²) in [4.78, 5) is 33.1. The fourth-order valence-corrected chi connectivity index (χ4v) is 3.38. The number of fused-ring (bicyclic) bond motifs is 1. The molecule has 26 heavy (non-hydrogen) atoms. The minimum absolute atomic E-state index is 0.113. The van der Waals surface area contributed by atoms with Crippen molar-refractivity contribution in [2.75, 3.05) is 13.1 Å². The molecular formula is C20H19N3O3. The largest absolute Gasteiger partial charge is 0.478 e. The minimum Gasteiger partial charge on any atom is -0.478 e. The van der Waals surface area contributed by atoms with E-state index < -0.39 is 5.97 Å². The van der Waals surface area contributed by atoms with Gasteiger partial charge in [0.15, 0.2) is 0 Å². The van der Waals surface area contributed by atoms with Crippen molar-refractivity contribution < 1.29 is 9.90 Å². The molecular weight excluding hydrogens is 330 g/mol. The van der Waals surface area contributed by atoms with E-state index in [1.165, 1.54) is 36.6 Å². The molecule has 0 bridgehead atoms. The van der Waals surface area contributed by atoms with E-state index in [2.05, 4.69) is 14.9 Å². The van der Waals surface area contributed by atoms with Gasteiger partial charge in [0.1, 0.15) is 5.82 Å². The number of hydrogen-bond acceptors (Lipinski definition) is 4. The Morgan fingerprint density at radius 3 is 2.54 bits per heavy atom. The van der Waals surface area contributed by atoms with Crippen LogP contribution >= 0.6 is 0 Å². The fraction of sp³-hybridized carbons (Fsp3) is 0.250. The van der Waals surface area contributed by atoms with Crippen LogP contribution in [0.1, 0.15) is 28.8 Å². The molecule has 0 saturated carbocycles. The number of H-pyrrole nitrogens is 1. The number of carboxylic acid groups (broad SMARTS) is 1. The summed E-state index contributed by atoms with van der Waals surface area (Å²) in [5.74, 6) is -0.598. The van der Waals surface area contributed by atoms with Gasteiger partial charge in [-0.2, -0.15) is 0 Å². The van der Waals surface area contributed by atoms with Gasteiger partial charge < -0.3 is 10.1 Å². The summed E-state index contributed by atoms with van der Waals surface area (Å²) >= 11 is 0. The van der Waals surface area contributed by atoms with E-state index in [0.29, 0.717) is 16.7 Å². The molecule has 0 radical (unpaired) electrons. The average Bonchev–Trinajstić information content (AvgIpc) is 3.15. The van der Waals surface area contributed by atoms with Crippen molar-refractivity contribution in [1.29, 1.82) is 0 Å². The molecule has 0 spiro atoms. The van der Waals surface area contributed by atoms with Crippen molar-refractivity contribution in [2.24, 2.45) is 0 Å². The highest BCUT2D eigenvalue weighted by Crippen LogP contribution is 2.19. The van der Waals surface area contributed by atoms with Crippen LogP contribution in [0.5, 0.6) is 0 Å². The summed E-state index contributed by atoms with van der Waals surface area (Å²) in [5, 5.41) is 9.51. The summed E-state index contributed by atoms with van der Waals surface area (Å²) in [6, 6.07) is 12.3. The van der Waals surface area contributed by atoms with E-state index in [1.54, 1.807) is 0 Å². The van der Waals surface area contributed by atoms with Crippen LogP contribution in [0.15, 0.2) is 47.3 Å². The van der Waals surface area contributed by atoms with Gasteiger partial charge in [0.2, 0.25) is 0 Å². The van der Waals surface area contributed by atoms with Gasteiger partial charge in [0, 0.05) is 12.1 Å². The molecule has 1 fully saturated rings. The molecule has 0 atom stereocenters. The Labute approximate surface area is 150 Å². The molecule has 0 amide bonds. The maximum atomic E-state index is 12.3. The summed E-state index contributed by atoms with van der Waals surface area (Å²) in [6.45, 7) is 3.23. The third kappa shape index (κ3) is 3.23. The molecule has 1 aliphatic rings. The number of carbonyl (C=O) groups is 1. The third-order valence-electron chi connectivity index (χ3n) is 4.79. The lowest BCUT2D eigenvalue weighted by Crippen LogP contribution is -2.18. The molecule has 6 nitrogen and oxygen atoms in total. The summed E-state index contributed by atoms with van der Waals surface area (Å²) in [7, 11) is 0. The van der Waals surface area contributed by atoms with Crippen LogP contribution in [-0.2, 0) is 6.54 Å². The highest BCUT2D eigenvalue weighted by molar-refractivity contribution is 5.93. The lowest BCUT2D eigenvalue weighted by atomic mass is 10.1. The Hall–Kier alpha value is -2.99. The van der Waals surface area contributed by atoms with Crippen LogP contribution in [0.25, 0.3) is 22.3 Å². The number of aromatic amines is 1. The van der Waals surface area contributed by atoms with Crippen LogP contribution in [0, 0.1) is 0 Å². The van der Waals surface area contributed by atoms with E-state index in [1.807, 2.05) is 24.3 Å². The number of hydrogen-bond donors (Lipinski definition) is 2. The van der Waals surface area contributed by atoms with Crippen LogP contribution in [0.2, 0.25) is 0 Å². The molecule has 0 aliphatic carbocycles. The molecule has 1 saturated heterocycles. The summed E-state index contributed by atoms with van der Waals surface area (Å²) in [5.41, 5.74) is 2.25. The SMILES string of the molecule is O=C(O)c1ccc2c(=O)[nH]c(-c3ccc(CN4CCCC4)cc3)nc2c1. The Morgan fingerprint density at radius 1 is 1.12 bits per heavy atom. The number of nitrogens with zero attached hydrogens (tertiary/aromatic N) is 2. The van der Waals surface area contributed by atoms with Gasteiger partial charge in [-0.05, 0) is 49.7 Å². The Kier molecular flexibility index (Phi) is 4.26. The molecule has 1 aromatic heterocycles. The van der Waals surface area contributed by atoms with Gasteiger partial charge in [-0.3, -0.25) is 9.69 Å². The lowest BCUT2D eigenvalue weighted by molar-refractivity contribution is 0.0697. The molecule has 3 aromatic rings. The number of benzene rings is 2.